The number of nitrogens with zero attached hydrogens (tertiary/aromatic N) is 1. The number of benzene rings is 2. The summed E-state index contributed by atoms with van der Waals surface area (Å²) in [6.45, 7) is 0.477. The van der Waals surface area contributed by atoms with Crippen molar-refractivity contribution in [2.75, 3.05) is 7.11 Å². The van der Waals surface area contributed by atoms with Gasteiger partial charge in [-0.1, -0.05) is 29.8 Å². The first-order valence-corrected chi connectivity index (χ1v) is 6.18. The van der Waals surface area contributed by atoms with Crippen LogP contribution in [0, 0.1) is 0 Å². The van der Waals surface area contributed by atoms with Crippen LogP contribution in [-0.2, 0) is 6.54 Å². The van der Waals surface area contributed by atoms with E-state index < -0.39 is 0 Å². The van der Waals surface area contributed by atoms with E-state index in [4.69, 9.17) is 16.3 Å². The third-order valence-electron chi connectivity index (χ3n) is 2.69. The van der Waals surface area contributed by atoms with Crippen molar-refractivity contribution >= 4 is 17.8 Å². The molecule has 0 unspecified atom stereocenters. The molecule has 2 aromatic rings. The monoisotopic (exact) mass is 275 g/mol. The lowest BCUT2D eigenvalue weighted by atomic mass is 10.2. The molecule has 0 aliphatic rings. The van der Waals surface area contributed by atoms with Crippen LogP contribution in [-0.4, -0.2) is 18.4 Å². The van der Waals surface area contributed by atoms with Gasteiger partial charge < -0.3 is 9.84 Å². The highest BCUT2D eigenvalue weighted by molar-refractivity contribution is 6.31. The first-order chi connectivity index (χ1) is 9.20. The molecule has 2 aromatic carbocycles. The Morgan fingerprint density at radius 1 is 1.26 bits per heavy atom. The van der Waals surface area contributed by atoms with Crippen molar-refractivity contribution in [2.45, 2.75) is 6.54 Å². The van der Waals surface area contributed by atoms with E-state index in [0.717, 1.165) is 5.56 Å². The molecule has 0 spiro atoms. The van der Waals surface area contributed by atoms with Crippen molar-refractivity contribution in [3.63, 3.8) is 0 Å². The highest BCUT2D eigenvalue weighted by Gasteiger charge is 2.01. The fourth-order valence-electron chi connectivity index (χ4n) is 1.63. The maximum Gasteiger partial charge on any atom is 0.128 e. The van der Waals surface area contributed by atoms with Crippen LogP contribution in [0.1, 0.15) is 11.1 Å². The number of ether oxygens (including phenoxy) is 1. The molecule has 2 rings (SSSR count). The van der Waals surface area contributed by atoms with Crippen LogP contribution >= 0.6 is 11.6 Å². The summed E-state index contributed by atoms with van der Waals surface area (Å²) in [4.78, 5) is 4.28. The third-order valence-corrected chi connectivity index (χ3v) is 3.06. The van der Waals surface area contributed by atoms with E-state index in [1.54, 1.807) is 31.5 Å². The zero-order chi connectivity index (χ0) is 13.7. The SMILES string of the molecule is COc1ccc(C=NCc2ccccc2Cl)c(O)c1. The number of rotatable bonds is 4. The van der Waals surface area contributed by atoms with Crippen molar-refractivity contribution in [3.05, 3.63) is 58.6 Å². The summed E-state index contributed by atoms with van der Waals surface area (Å²) in [6.07, 6.45) is 1.62. The average molecular weight is 276 g/mol. The Bertz CT molecular complexity index is 596. The second-order valence-corrected chi connectivity index (χ2v) is 4.39. The number of aromatic hydroxyl groups is 1. The summed E-state index contributed by atoms with van der Waals surface area (Å²) < 4.78 is 5.02. The predicted octanol–water partition coefficient (Wildman–Crippen LogP) is 3.67. The lowest BCUT2D eigenvalue weighted by Crippen LogP contribution is -1.88. The molecule has 0 fully saturated rings. The third kappa shape index (κ3) is 3.48. The molecule has 0 aliphatic carbocycles. The van der Waals surface area contributed by atoms with Crippen molar-refractivity contribution in [2.24, 2.45) is 4.99 Å². The van der Waals surface area contributed by atoms with Gasteiger partial charge in [-0.3, -0.25) is 4.99 Å². The molecule has 0 saturated carbocycles. The minimum atomic E-state index is 0.141. The Kier molecular flexibility index (Phi) is 4.42. The summed E-state index contributed by atoms with van der Waals surface area (Å²) in [5, 5.41) is 10.5. The molecule has 98 valence electrons. The fraction of sp³-hybridized carbons (Fsp3) is 0.133. The van der Waals surface area contributed by atoms with Crippen LogP contribution in [0.2, 0.25) is 5.02 Å². The van der Waals surface area contributed by atoms with Crippen LogP contribution in [0.25, 0.3) is 0 Å². The molecule has 0 bridgehead atoms. The fourth-order valence-corrected chi connectivity index (χ4v) is 1.82. The quantitative estimate of drug-likeness (QED) is 0.865. The lowest BCUT2D eigenvalue weighted by molar-refractivity contribution is 0.407. The normalized spacial score (nSPS) is 10.8. The highest BCUT2D eigenvalue weighted by Crippen LogP contribution is 2.22. The largest absolute Gasteiger partial charge is 0.507 e. The number of halogens is 1. The molecule has 0 saturated heterocycles. The van der Waals surface area contributed by atoms with Crippen LogP contribution in [0.3, 0.4) is 0 Å². The van der Waals surface area contributed by atoms with E-state index in [1.807, 2.05) is 24.3 Å². The van der Waals surface area contributed by atoms with E-state index >= 15 is 0 Å². The van der Waals surface area contributed by atoms with Gasteiger partial charge in [0, 0.05) is 22.9 Å². The smallest absolute Gasteiger partial charge is 0.128 e. The van der Waals surface area contributed by atoms with Crippen molar-refractivity contribution in [1.82, 2.24) is 0 Å². The van der Waals surface area contributed by atoms with Crippen molar-refractivity contribution in [1.29, 1.82) is 0 Å². The number of aliphatic imine (C=N–C) groups is 1. The second kappa shape index (κ2) is 6.25. The predicted molar refractivity (Wildman–Crippen MR) is 77.4 cm³/mol. The van der Waals surface area contributed by atoms with Gasteiger partial charge in [0.1, 0.15) is 11.5 Å². The van der Waals surface area contributed by atoms with E-state index in [2.05, 4.69) is 4.99 Å². The highest BCUT2D eigenvalue weighted by atomic mass is 35.5. The first kappa shape index (κ1) is 13.4. The van der Waals surface area contributed by atoms with E-state index in [-0.39, 0.29) is 5.75 Å². The molecule has 3 nitrogen and oxygen atoms in total. The number of phenols is 1. The van der Waals surface area contributed by atoms with Crippen LogP contribution in [0.15, 0.2) is 47.5 Å². The zero-order valence-electron chi connectivity index (χ0n) is 10.5. The van der Waals surface area contributed by atoms with Crippen LogP contribution in [0.5, 0.6) is 11.5 Å². The summed E-state index contributed by atoms with van der Waals surface area (Å²) in [7, 11) is 1.56. The molecular formula is C15H14ClNO2. The molecule has 0 amide bonds. The Morgan fingerprint density at radius 2 is 2.05 bits per heavy atom. The topological polar surface area (TPSA) is 41.8 Å². The minimum absolute atomic E-state index is 0.141. The summed E-state index contributed by atoms with van der Waals surface area (Å²) in [5.41, 5.74) is 1.60. The van der Waals surface area contributed by atoms with Crippen LogP contribution < -0.4 is 4.74 Å². The van der Waals surface area contributed by atoms with Gasteiger partial charge in [-0.25, -0.2) is 0 Å². The number of methoxy groups -OCH3 is 1. The first-order valence-electron chi connectivity index (χ1n) is 5.81. The minimum Gasteiger partial charge on any atom is -0.507 e. The summed E-state index contributed by atoms with van der Waals surface area (Å²) in [6, 6.07) is 12.6. The van der Waals surface area contributed by atoms with Gasteiger partial charge in [-0.05, 0) is 23.8 Å². The standard InChI is InChI=1S/C15H14ClNO2/c1-19-13-7-6-12(15(18)8-13)10-17-9-11-4-2-3-5-14(11)16/h2-8,10,18H,9H2,1H3. The van der Waals surface area contributed by atoms with Crippen molar-refractivity contribution in [3.8, 4) is 11.5 Å². The average Bonchev–Trinajstić information content (AvgIpc) is 2.42. The van der Waals surface area contributed by atoms with Gasteiger partial charge in [0.25, 0.3) is 0 Å². The molecule has 1 N–H and O–H groups in total. The molecule has 0 heterocycles. The lowest BCUT2D eigenvalue weighted by Gasteiger charge is -2.03. The molecule has 0 atom stereocenters. The molecule has 0 aliphatic heterocycles. The number of hydrogen-bond donors (Lipinski definition) is 1. The van der Waals surface area contributed by atoms with Crippen LogP contribution in [0.4, 0.5) is 0 Å². The summed E-state index contributed by atoms with van der Waals surface area (Å²) >= 11 is 6.04. The molecule has 0 radical (unpaired) electrons. The molecular weight excluding hydrogens is 262 g/mol. The maximum atomic E-state index is 9.78. The second-order valence-electron chi connectivity index (χ2n) is 3.99. The van der Waals surface area contributed by atoms with E-state index in [0.29, 0.717) is 22.9 Å². The molecule has 4 heteroatoms. The van der Waals surface area contributed by atoms with E-state index in [9.17, 15) is 5.11 Å². The van der Waals surface area contributed by atoms with E-state index in [1.165, 1.54) is 0 Å². The summed E-state index contributed by atoms with van der Waals surface area (Å²) in [5.74, 6) is 0.753. The zero-order valence-corrected chi connectivity index (χ0v) is 11.3. The number of phenolic OH excluding ortho intramolecular Hbond substituents is 1. The van der Waals surface area contributed by atoms with Gasteiger partial charge >= 0.3 is 0 Å². The molecule has 19 heavy (non-hydrogen) atoms. The number of hydrogen-bond acceptors (Lipinski definition) is 3. The molecule has 0 aromatic heterocycles. The van der Waals surface area contributed by atoms with Crippen molar-refractivity contribution < 1.29 is 9.84 Å². The Balaban J connectivity index is 2.09. The van der Waals surface area contributed by atoms with Gasteiger partial charge in [0.2, 0.25) is 0 Å². The van der Waals surface area contributed by atoms with Gasteiger partial charge in [-0.15, -0.1) is 0 Å². The maximum absolute atomic E-state index is 9.78. The Hall–Kier alpha value is -2.00. The van der Waals surface area contributed by atoms with Gasteiger partial charge in [-0.2, -0.15) is 0 Å². The van der Waals surface area contributed by atoms with Gasteiger partial charge in [0.15, 0.2) is 0 Å². The van der Waals surface area contributed by atoms with Gasteiger partial charge in [0.05, 0.1) is 13.7 Å². The Morgan fingerprint density at radius 3 is 2.74 bits per heavy atom. The Labute approximate surface area is 117 Å².